The lowest BCUT2D eigenvalue weighted by atomic mass is 10.1. The first-order chi connectivity index (χ1) is 12.6. The molecule has 1 aliphatic heterocycles. The van der Waals surface area contributed by atoms with Gasteiger partial charge in [0.2, 0.25) is 5.91 Å². The number of likely N-dealkylation sites (N-methyl/N-ethyl adjacent to an activating group) is 1. The van der Waals surface area contributed by atoms with E-state index in [1.807, 2.05) is 0 Å². The largest absolute Gasteiger partial charge is 0.357 e. The predicted molar refractivity (Wildman–Crippen MR) is 123 cm³/mol. The van der Waals surface area contributed by atoms with Crippen LogP contribution in [-0.2, 0) is 4.79 Å². The van der Waals surface area contributed by atoms with E-state index in [0.29, 0.717) is 19.0 Å². The number of nitrogens with zero attached hydrogens (tertiary/aromatic N) is 3. The summed E-state index contributed by atoms with van der Waals surface area (Å²) in [7, 11) is 0. The van der Waals surface area contributed by atoms with Crippen LogP contribution in [-0.4, -0.2) is 87.1 Å². The van der Waals surface area contributed by atoms with Crippen LogP contribution in [0.1, 0.15) is 33.6 Å². The van der Waals surface area contributed by atoms with Gasteiger partial charge in [0, 0.05) is 64.8 Å². The molecule has 1 saturated carbocycles. The lowest BCUT2D eigenvalue weighted by molar-refractivity contribution is -0.122. The van der Waals surface area contributed by atoms with Gasteiger partial charge in [0.05, 0.1) is 0 Å². The first-order valence-electron chi connectivity index (χ1n) is 10.4. The molecule has 0 spiro atoms. The Morgan fingerprint density at radius 3 is 2.26 bits per heavy atom. The summed E-state index contributed by atoms with van der Waals surface area (Å²) in [6.45, 7) is 16.6. The van der Waals surface area contributed by atoms with E-state index in [0.717, 1.165) is 45.0 Å². The number of aliphatic imine (C=N–C) groups is 1. The fraction of sp³-hybridized carbons (Fsp3) is 0.895. The van der Waals surface area contributed by atoms with E-state index in [2.05, 4.69) is 46.5 Å². The fourth-order valence-corrected chi connectivity index (χ4v) is 3.23. The van der Waals surface area contributed by atoms with Crippen LogP contribution in [0.25, 0.3) is 0 Å². The van der Waals surface area contributed by atoms with Crippen LogP contribution < -0.4 is 16.0 Å². The van der Waals surface area contributed by atoms with Gasteiger partial charge in [-0.1, -0.05) is 13.8 Å². The van der Waals surface area contributed by atoms with E-state index in [9.17, 15) is 4.79 Å². The summed E-state index contributed by atoms with van der Waals surface area (Å²) in [6.07, 6.45) is 2.10. The van der Waals surface area contributed by atoms with Crippen LogP contribution >= 0.6 is 24.0 Å². The molecule has 3 N–H and O–H groups in total. The molecule has 0 radical (unpaired) electrons. The number of hydrogen-bond acceptors (Lipinski definition) is 4. The quantitative estimate of drug-likeness (QED) is 0.183. The molecule has 2 aliphatic rings. The van der Waals surface area contributed by atoms with Crippen molar-refractivity contribution < 1.29 is 4.79 Å². The average Bonchev–Trinajstić information content (AvgIpc) is 3.49. The molecule has 0 aromatic heterocycles. The van der Waals surface area contributed by atoms with E-state index in [-0.39, 0.29) is 35.8 Å². The molecule has 27 heavy (non-hydrogen) atoms. The van der Waals surface area contributed by atoms with E-state index in [1.54, 1.807) is 0 Å². The maximum Gasteiger partial charge on any atom is 0.223 e. The second kappa shape index (κ2) is 13.5. The topological polar surface area (TPSA) is 72.0 Å². The van der Waals surface area contributed by atoms with E-state index < -0.39 is 0 Å². The molecule has 1 unspecified atom stereocenters. The minimum Gasteiger partial charge on any atom is -0.357 e. The molecule has 2 rings (SSSR count). The summed E-state index contributed by atoms with van der Waals surface area (Å²) in [4.78, 5) is 21.4. The van der Waals surface area contributed by atoms with Crippen molar-refractivity contribution in [2.24, 2.45) is 16.8 Å². The summed E-state index contributed by atoms with van der Waals surface area (Å²) in [5, 5.41) is 9.57. The summed E-state index contributed by atoms with van der Waals surface area (Å²) in [6, 6.07) is 0. The van der Waals surface area contributed by atoms with Crippen LogP contribution in [0, 0.1) is 11.8 Å². The molecule has 0 aromatic carbocycles. The van der Waals surface area contributed by atoms with E-state index >= 15 is 0 Å². The number of nitrogens with one attached hydrogen (secondary N) is 3. The average molecular weight is 494 g/mol. The fourth-order valence-electron chi connectivity index (χ4n) is 3.23. The van der Waals surface area contributed by atoms with Crippen LogP contribution in [0.2, 0.25) is 0 Å². The first kappa shape index (κ1) is 24.4. The zero-order valence-electron chi connectivity index (χ0n) is 17.3. The smallest absolute Gasteiger partial charge is 0.223 e. The monoisotopic (exact) mass is 494 g/mol. The molecule has 7 nitrogen and oxygen atoms in total. The maximum absolute atomic E-state index is 11.6. The van der Waals surface area contributed by atoms with Crippen molar-refractivity contribution in [3.05, 3.63) is 0 Å². The van der Waals surface area contributed by atoms with Crippen LogP contribution in [0.4, 0.5) is 0 Å². The Morgan fingerprint density at radius 1 is 1.04 bits per heavy atom. The second-order valence-electron chi connectivity index (χ2n) is 7.55. The van der Waals surface area contributed by atoms with Gasteiger partial charge in [0.25, 0.3) is 0 Å². The molecule has 0 bridgehead atoms. The number of hydrogen-bond donors (Lipinski definition) is 3. The van der Waals surface area contributed by atoms with Crippen molar-refractivity contribution in [3.63, 3.8) is 0 Å². The summed E-state index contributed by atoms with van der Waals surface area (Å²) >= 11 is 0. The molecule has 1 atom stereocenters. The molecule has 1 saturated heterocycles. The van der Waals surface area contributed by atoms with Crippen molar-refractivity contribution in [1.82, 2.24) is 25.8 Å². The number of guanidine groups is 1. The molecular formula is C19H39IN6O. The summed E-state index contributed by atoms with van der Waals surface area (Å²) in [5.41, 5.74) is 0. The second-order valence-corrected chi connectivity index (χ2v) is 7.55. The first-order valence-corrected chi connectivity index (χ1v) is 10.4. The highest BCUT2D eigenvalue weighted by atomic mass is 127. The molecule has 1 heterocycles. The number of halogens is 1. The molecule has 1 amide bonds. The third-order valence-corrected chi connectivity index (χ3v) is 5.05. The highest BCUT2D eigenvalue weighted by Gasteiger charge is 2.28. The number of amides is 1. The van der Waals surface area contributed by atoms with Crippen molar-refractivity contribution in [1.29, 1.82) is 0 Å². The molecule has 8 heteroatoms. The summed E-state index contributed by atoms with van der Waals surface area (Å²) in [5.74, 6) is 1.85. The predicted octanol–water partition coefficient (Wildman–Crippen LogP) is 0.959. The normalized spacial score (nSPS) is 19.9. The Bertz CT molecular complexity index is 449. The van der Waals surface area contributed by atoms with E-state index in [4.69, 9.17) is 4.99 Å². The van der Waals surface area contributed by atoms with Gasteiger partial charge in [0.15, 0.2) is 5.96 Å². The van der Waals surface area contributed by atoms with E-state index in [1.165, 1.54) is 26.2 Å². The van der Waals surface area contributed by atoms with Gasteiger partial charge in [-0.25, -0.2) is 0 Å². The molecule has 158 valence electrons. The standard InChI is InChI=1S/C19H38N6O.HI/c1-4-20-19(22-9-8-21-18(26)17-6-7-17)23-14-16(3)15-25-12-10-24(5-2)11-13-25;/h16-17H,4-15H2,1-3H3,(H,21,26)(H2,20,22,23);1H. The van der Waals surface area contributed by atoms with Crippen LogP contribution in [0.5, 0.6) is 0 Å². The van der Waals surface area contributed by atoms with Crippen molar-refractivity contribution in [2.75, 3.05) is 65.4 Å². The zero-order chi connectivity index (χ0) is 18.8. The minimum atomic E-state index is 0. The summed E-state index contributed by atoms with van der Waals surface area (Å²) < 4.78 is 0. The SMILES string of the molecule is CCNC(=NCC(C)CN1CCN(CC)CC1)NCCNC(=O)C1CC1.I. The van der Waals surface area contributed by atoms with Gasteiger partial charge >= 0.3 is 0 Å². The third kappa shape index (κ3) is 9.94. The Labute approximate surface area is 182 Å². The highest BCUT2D eigenvalue weighted by Crippen LogP contribution is 2.28. The number of carbonyl (C=O) groups is 1. The van der Waals surface area contributed by atoms with Gasteiger partial charge in [-0.15, -0.1) is 24.0 Å². The van der Waals surface area contributed by atoms with Crippen LogP contribution in [0.15, 0.2) is 4.99 Å². The number of rotatable bonds is 10. The number of carbonyl (C=O) groups excluding carboxylic acids is 1. The minimum absolute atomic E-state index is 0. The Morgan fingerprint density at radius 2 is 1.67 bits per heavy atom. The van der Waals surface area contributed by atoms with Crippen LogP contribution in [0.3, 0.4) is 0 Å². The molecule has 2 fully saturated rings. The Balaban J connectivity index is 0.00000364. The van der Waals surface area contributed by atoms with Gasteiger partial charge in [-0.2, -0.15) is 0 Å². The Kier molecular flexibility index (Phi) is 12.3. The van der Waals surface area contributed by atoms with Gasteiger partial charge < -0.3 is 25.8 Å². The van der Waals surface area contributed by atoms with Crippen molar-refractivity contribution >= 4 is 35.8 Å². The van der Waals surface area contributed by atoms with Crippen molar-refractivity contribution in [3.8, 4) is 0 Å². The van der Waals surface area contributed by atoms with Crippen molar-refractivity contribution in [2.45, 2.75) is 33.6 Å². The van der Waals surface area contributed by atoms with Gasteiger partial charge in [-0.05, 0) is 32.2 Å². The van der Waals surface area contributed by atoms with Gasteiger partial charge in [0.1, 0.15) is 0 Å². The lowest BCUT2D eigenvalue weighted by Crippen LogP contribution is -2.47. The zero-order valence-corrected chi connectivity index (χ0v) is 19.6. The lowest BCUT2D eigenvalue weighted by Gasteiger charge is -2.35. The molecule has 1 aliphatic carbocycles. The third-order valence-electron chi connectivity index (χ3n) is 5.05. The Hall–Kier alpha value is -0.610. The molecular weight excluding hydrogens is 455 g/mol. The molecule has 0 aromatic rings. The maximum atomic E-state index is 11.6. The highest BCUT2D eigenvalue weighted by molar-refractivity contribution is 14.0. The van der Waals surface area contributed by atoms with Gasteiger partial charge in [-0.3, -0.25) is 9.79 Å². The number of piperazine rings is 1.